The fourth-order valence-electron chi connectivity index (χ4n) is 2.16. The summed E-state index contributed by atoms with van der Waals surface area (Å²) in [4.78, 5) is 8.81. The molecule has 0 radical (unpaired) electrons. The number of anilines is 2. The summed E-state index contributed by atoms with van der Waals surface area (Å²) in [5, 5.41) is 4.11. The second-order valence-electron chi connectivity index (χ2n) is 3.96. The third kappa shape index (κ3) is 1.25. The highest BCUT2D eigenvalue weighted by Gasteiger charge is 2.13. The van der Waals surface area contributed by atoms with Gasteiger partial charge in [0.2, 0.25) is 5.95 Å². The van der Waals surface area contributed by atoms with Crippen molar-refractivity contribution < 1.29 is 0 Å². The molecule has 0 aliphatic rings. The zero-order valence-electron chi connectivity index (χ0n) is 9.73. The fourth-order valence-corrected chi connectivity index (χ4v) is 2.16. The molecule has 3 rings (SSSR count). The first-order chi connectivity index (χ1) is 8.22. The maximum absolute atomic E-state index is 5.94. The molecule has 17 heavy (non-hydrogen) atoms. The molecule has 3 aromatic rings. The van der Waals surface area contributed by atoms with E-state index < -0.39 is 0 Å². The first kappa shape index (κ1) is 9.89. The van der Waals surface area contributed by atoms with Crippen molar-refractivity contribution in [3.8, 4) is 0 Å². The van der Waals surface area contributed by atoms with Crippen LogP contribution in [0.25, 0.3) is 21.9 Å². The highest BCUT2D eigenvalue weighted by atomic mass is 15.2. The van der Waals surface area contributed by atoms with Crippen LogP contribution in [-0.4, -0.2) is 21.6 Å². The summed E-state index contributed by atoms with van der Waals surface area (Å²) in [5.41, 5.74) is 8.59. The molecule has 0 aliphatic carbocycles. The summed E-state index contributed by atoms with van der Waals surface area (Å²) >= 11 is 0. The van der Waals surface area contributed by atoms with Gasteiger partial charge in [-0.3, -0.25) is 0 Å². The number of imidazole rings is 1. The van der Waals surface area contributed by atoms with Crippen LogP contribution < -0.4 is 11.1 Å². The van der Waals surface area contributed by atoms with Crippen LogP contribution in [0.4, 0.5) is 11.8 Å². The number of rotatable bonds is 1. The second-order valence-corrected chi connectivity index (χ2v) is 3.96. The third-order valence-corrected chi connectivity index (χ3v) is 2.96. The van der Waals surface area contributed by atoms with Crippen molar-refractivity contribution in [1.29, 1.82) is 0 Å². The van der Waals surface area contributed by atoms with Crippen molar-refractivity contribution in [2.45, 2.75) is 0 Å². The van der Waals surface area contributed by atoms with Gasteiger partial charge >= 0.3 is 0 Å². The molecule has 0 unspecified atom stereocenters. The lowest BCUT2D eigenvalue weighted by atomic mass is 10.2. The average molecular weight is 227 g/mol. The number of nitrogens with zero attached hydrogens (tertiary/aromatic N) is 3. The first-order valence-corrected chi connectivity index (χ1v) is 5.40. The number of nitrogen functional groups attached to an aromatic ring is 1. The van der Waals surface area contributed by atoms with Crippen molar-refractivity contribution in [2.75, 3.05) is 18.1 Å². The molecule has 5 nitrogen and oxygen atoms in total. The van der Waals surface area contributed by atoms with Crippen LogP contribution in [0.15, 0.2) is 24.3 Å². The molecular formula is C12H13N5. The molecule has 3 N–H and O–H groups in total. The van der Waals surface area contributed by atoms with Gasteiger partial charge in [0.05, 0.1) is 11.0 Å². The van der Waals surface area contributed by atoms with Crippen molar-refractivity contribution in [1.82, 2.24) is 14.5 Å². The highest BCUT2D eigenvalue weighted by Crippen LogP contribution is 2.29. The predicted molar refractivity (Wildman–Crippen MR) is 70.0 cm³/mol. The topological polar surface area (TPSA) is 68.8 Å². The number of benzene rings is 1. The summed E-state index contributed by atoms with van der Waals surface area (Å²) in [5.74, 6) is 1.25. The molecule has 1 aromatic carbocycles. The monoisotopic (exact) mass is 227 g/mol. The van der Waals surface area contributed by atoms with Gasteiger partial charge in [-0.1, -0.05) is 18.2 Å². The molecule has 0 atom stereocenters. The zero-order valence-corrected chi connectivity index (χ0v) is 9.73. The van der Waals surface area contributed by atoms with Crippen LogP contribution in [0, 0.1) is 0 Å². The molecule has 2 heterocycles. The smallest absolute Gasteiger partial charge is 0.203 e. The van der Waals surface area contributed by atoms with Crippen molar-refractivity contribution in [3.05, 3.63) is 24.3 Å². The fraction of sp³-hybridized carbons (Fsp3) is 0.167. The van der Waals surface area contributed by atoms with E-state index >= 15 is 0 Å². The van der Waals surface area contributed by atoms with E-state index in [1.54, 1.807) is 0 Å². The van der Waals surface area contributed by atoms with Crippen molar-refractivity contribution in [2.24, 2.45) is 7.05 Å². The van der Waals surface area contributed by atoms with Gasteiger partial charge in [-0.05, 0) is 6.07 Å². The zero-order chi connectivity index (χ0) is 12.0. The number of fused-ring (bicyclic) bond motifs is 3. The van der Waals surface area contributed by atoms with E-state index in [9.17, 15) is 0 Å². The summed E-state index contributed by atoms with van der Waals surface area (Å²) in [7, 11) is 3.81. The van der Waals surface area contributed by atoms with Crippen LogP contribution in [-0.2, 0) is 7.05 Å². The Hall–Kier alpha value is -2.30. The predicted octanol–water partition coefficient (Wildman–Crippen LogP) is 1.75. The number of nitrogens with two attached hydrogens (primary N) is 1. The van der Waals surface area contributed by atoms with E-state index in [0.29, 0.717) is 5.82 Å². The van der Waals surface area contributed by atoms with E-state index in [-0.39, 0.29) is 0 Å². The van der Waals surface area contributed by atoms with Crippen LogP contribution in [0.3, 0.4) is 0 Å². The molecule has 5 heteroatoms. The van der Waals surface area contributed by atoms with Gasteiger partial charge in [0.25, 0.3) is 0 Å². The van der Waals surface area contributed by atoms with E-state index in [1.807, 2.05) is 42.9 Å². The van der Waals surface area contributed by atoms with Crippen LogP contribution in [0.2, 0.25) is 0 Å². The van der Waals surface area contributed by atoms with Gasteiger partial charge in [-0.15, -0.1) is 0 Å². The Kier molecular flexibility index (Phi) is 1.95. The maximum atomic E-state index is 5.94. The Morgan fingerprint density at radius 3 is 2.76 bits per heavy atom. The third-order valence-electron chi connectivity index (χ3n) is 2.96. The summed E-state index contributed by atoms with van der Waals surface area (Å²) < 4.78 is 2.00. The van der Waals surface area contributed by atoms with Crippen LogP contribution in [0.5, 0.6) is 0 Å². The molecule has 0 bridgehead atoms. The Balaban J connectivity index is 2.59. The Bertz CT molecular complexity index is 714. The van der Waals surface area contributed by atoms with Crippen LogP contribution in [0.1, 0.15) is 0 Å². The number of aryl methyl sites for hydroxylation is 1. The lowest BCUT2D eigenvalue weighted by molar-refractivity contribution is 0.955. The van der Waals surface area contributed by atoms with E-state index in [4.69, 9.17) is 5.73 Å². The van der Waals surface area contributed by atoms with Crippen LogP contribution >= 0.6 is 0 Å². The summed E-state index contributed by atoms with van der Waals surface area (Å²) in [6.45, 7) is 0. The van der Waals surface area contributed by atoms with E-state index in [0.717, 1.165) is 27.9 Å². The largest absolute Gasteiger partial charge is 0.382 e. The number of pyridine rings is 1. The molecular weight excluding hydrogens is 214 g/mol. The lowest BCUT2D eigenvalue weighted by Gasteiger charge is -2.04. The van der Waals surface area contributed by atoms with Gasteiger partial charge in [-0.2, -0.15) is 0 Å². The van der Waals surface area contributed by atoms with Gasteiger partial charge in [0, 0.05) is 19.5 Å². The molecule has 2 aromatic heterocycles. The van der Waals surface area contributed by atoms with Gasteiger partial charge in [0.15, 0.2) is 5.82 Å². The maximum Gasteiger partial charge on any atom is 0.203 e. The minimum Gasteiger partial charge on any atom is -0.382 e. The number of hydrogen-bond acceptors (Lipinski definition) is 4. The normalized spacial score (nSPS) is 11.2. The molecule has 0 saturated carbocycles. The minimum absolute atomic E-state index is 0.468. The van der Waals surface area contributed by atoms with Crippen molar-refractivity contribution in [3.63, 3.8) is 0 Å². The Morgan fingerprint density at radius 1 is 1.24 bits per heavy atom. The second kappa shape index (κ2) is 3.35. The van der Waals surface area contributed by atoms with Gasteiger partial charge < -0.3 is 15.6 Å². The number of hydrogen-bond donors (Lipinski definition) is 2. The molecule has 0 amide bonds. The SMILES string of the molecule is CNc1nc2c(N)nc3ccccc3c2n1C. The average Bonchev–Trinajstić information content (AvgIpc) is 2.68. The van der Waals surface area contributed by atoms with Gasteiger partial charge in [-0.25, -0.2) is 9.97 Å². The Morgan fingerprint density at radius 2 is 2.00 bits per heavy atom. The molecule has 0 fully saturated rings. The lowest BCUT2D eigenvalue weighted by Crippen LogP contribution is -1.98. The molecule has 0 aliphatic heterocycles. The number of nitrogens with one attached hydrogen (secondary N) is 1. The van der Waals surface area contributed by atoms with E-state index in [1.165, 1.54) is 0 Å². The first-order valence-electron chi connectivity index (χ1n) is 5.40. The van der Waals surface area contributed by atoms with Crippen molar-refractivity contribution >= 4 is 33.7 Å². The molecule has 86 valence electrons. The molecule has 0 saturated heterocycles. The standard InChI is InChI=1S/C12H13N5/c1-14-12-16-9-10(17(12)2)7-5-3-4-6-8(7)15-11(9)13/h3-6H,1-2H3,(H2,13,15)(H,14,16). The quantitative estimate of drug-likeness (QED) is 0.664. The summed E-state index contributed by atoms with van der Waals surface area (Å²) in [6.07, 6.45) is 0. The van der Waals surface area contributed by atoms with Gasteiger partial charge in [0.1, 0.15) is 5.52 Å². The summed E-state index contributed by atoms with van der Waals surface area (Å²) in [6, 6.07) is 7.93. The molecule has 0 spiro atoms. The number of aromatic nitrogens is 3. The highest BCUT2D eigenvalue weighted by molar-refractivity contribution is 6.07. The minimum atomic E-state index is 0.468. The Labute approximate surface area is 98.3 Å². The van der Waals surface area contributed by atoms with E-state index in [2.05, 4.69) is 15.3 Å². The number of para-hydroxylation sites is 1.